The van der Waals surface area contributed by atoms with Gasteiger partial charge in [-0.2, -0.15) is 0 Å². The fourth-order valence-electron chi connectivity index (χ4n) is 1.97. The molecular formula is C13H24O4. The van der Waals surface area contributed by atoms with Crippen molar-refractivity contribution in [2.24, 2.45) is 5.92 Å². The Kier molecular flexibility index (Phi) is 4.95. The van der Waals surface area contributed by atoms with E-state index in [1.54, 1.807) is 7.11 Å². The first kappa shape index (κ1) is 14.5. The third-order valence-electron chi connectivity index (χ3n) is 3.07. The van der Waals surface area contributed by atoms with Crippen LogP contribution in [0.3, 0.4) is 0 Å². The van der Waals surface area contributed by atoms with E-state index in [0.29, 0.717) is 6.61 Å². The molecule has 0 spiro atoms. The summed E-state index contributed by atoms with van der Waals surface area (Å²) in [4.78, 5) is 11.6. The highest BCUT2D eigenvalue weighted by molar-refractivity contribution is 5.72. The van der Waals surface area contributed by atoms with Gasteiger partial charge in [0.15, 0.2) is 0 Å². The Hall–Kier alpha value is -0.610. The van der Waals surface area contributed by atoms with Crippen molar-refractivity contribution in [2.75, 3.05) is 13.7 Å². The van der Waals surface area contributed by atoms with Crippen LogP contribution in [0.5, 0.6) is 0 Å². The van der Waals surface area contributed by atoms with E-state index < -0.39 is 5.60 Å². The molecule has 4 heteroatoms. The molecule has 0 aromatic carbocycles. The van der Waals surface area contributed by atoms with Gasteiger partial charge in [-0.3, -0.25) is 4.79 Å². The van der Waals surface area contributed by atoms with Gasteiger partial charge in [0.1, 0.15) is 5.60 Å². The molecule has 17 heavy (non-hydrogen) atoms. The molecule has 0 saturated carbocycles. The molecule has 1 rings (SSSR count). The minimum absolute atomic E-state index is 0.0367. The molecule has 1 saturated heterocycles. The third kappa shape index (κ3) is 3.96. The Morgan fingerprint density at radius 1 is 1.41 bits per heavy atom. The van der Waals surface area contributed by atoms with Gasteiger partial charge in [-0.25, -0.2) is 0 Å². The summed E-state index contributed by atoms with van der Waals surface area (Å²) in [6, 6.07) is 0. The number of methoxy groups -OCH3 is 1. The zero-order valence-corrected chi connectivity index (χ0v) is 11.5. The molecule has 2 atom stereocenters. The second-order valence-corrected chi connectivity index (χ2v) is 5.46. The van der Waals surface area contributed by atoms with Crippen LogP contribution in [-0.4, -0.2) is 37.5 Å². The highest BCUT2D eigenvalue weighted by Gasteiger charge is 2.40. The van der Waals surface area contributed by atoms with E-state index in [2.05, 4.69) is 0 Å². The van der Waals surface area contributed by atoms with Gasteiger partial charge in [-0.1, -0.05) is 13.8 Å². The van der Waals surface area contributed by atoms with Crippen molar-refractivity contribution in [1.29, 1.82) is 0 Å². The number of hydrogen-bond acceptors (Lipinski definition) is 4. The first-order chi connectivity index (χ1) is 7.86. The maximum Gasteiger partial charge on any atom is 0.308 e. The van der Waals surface area contributed by atoms with Crippen molar-refractivity contribution in [1.82, 2.24) is 0 Å². The van der Waals surface area contributed by atoms with Gasteiger partial charge in [-0.05, 0) is 26.7 Å². The largest absolute Gasteiger partial charge is 0.457 e. The molecule has 0 amide bonds. The molecule has 100 valence electrons. The molecule has 0 bridgehead atoms. The number of carbonyl (C=O) groups excluding carboxylic acids is 1. The summed E-state index contributed by atoms with van der Waals surface area (Å²) in [6.45, 7) is 8.09. The quantitative estimate of drug-likeness (QED) is 0.695. The molecule has 4 nitrogen and oxygen atoms in total. The Morgan fingerprint density at radius 3 is 2.59 bits per heavy atom. The standard InChI is InChI=1S/C13H24O4/c1-9(2)12(14)17-13(3,4)11-7-6-10(16-11)8-15-5/h9-11H,6-8H2,1-5H3. The SMILES string of the molecule is COCC1CCC(C(C)(C)OC(=O)C(C)C)O1. The lowest BCUT2D eigenvalue weighted by atomic mass is 9.98. The van der Waals surface area contributed by atoms with Crippen molar-refractivity contribution >= 4 is 5.97 Å². The van der Waals surface area contributed by atoms with Gasteiger partial charge in [0.2, 0.25) is 0 Å². The van der Waals surface area contributed by atoms with Crippen LogP contribution in [0.2, 0.25) is 0 Å². The Morgan fingerprint density at radius 2 is 2.06 bits per heavy atom. The monoisotopic (exact) mass is 244 g/mol. The topological polar surface area (TPSA) is 44.8 Å². The second-order valence-electron chi connectivity index (χ2n) is 5.46. The van der Waals surface area contributed by atoms with Gasteiger partial charge in [0.25, 0.3) is 0 Å². The zero-order chi connectivity index (χ0) is 13.1. The molecule has 1 fully saturated rings. The van der Waals surface area contributed by atoms with Crippen LogP contribution in [0.15, 0.2) is 0 Å². The molecule has 1 heterocycles. The smallest absolute Gasteiger partial charge is 0.308 e. The second kappa shape index (κ2) is 5.83. The summed E-state index contributed by atoms with van der Waals surface area (Å²) in [5, 5.41) is 0. The van der Waals surface area contributed by atoms with Gasteiger partial charge in [0.05, 0.1) is 24.7 Å². The zero-order valence-electron chi connectivity index (χ0n) is 11.5. The van der Waals surface area contributed by atoms with Crippen molar-refractivity contribution < 1.29 is 19.0 Å². The maximum absolute atomic E-state index is 11.6. The number of hydrogen-bond donors (Lipinski definition) is 0. The van der Waals surface area contributed by atoms with Crippen LogP contribution in [-0.2, 0) is 19.0 Å². The minimum Gasteiger partial charge on any atom is -0.457 e. The lowest BCUT2D eigenvalue weighted by molar-refractivity contribution is -0.176. The van der Waals surface area contributed by atoms with E-state index in [0.717, 1.165) is 12.8 Å². The summed E-state index contributed by atoms with van der Waals surface area (Å²) >= 11 is 0. The predicted octanol–water partition coefficient (Wildman–Crippen LogP) is 2.16. The molecule has 0 aliphatic carbocycles. The average molecular weight is 244 g/mol. The molecule has 0 N–H and O–H groups in total. The fourth-order valence-corrected chi connectivity index (χ4v) is 1.97. The summed E-state index contributed by atoms with van der Waals surface area (Å²) in [5.74, 6) is -0.278. The Balaban J connectivity index is 2.51. The summed E-state index contributed by atoms with van der Waals surface area (Å²) in [5.41, 5.74) is -0.566. The number of rotatable bonds is 5. The van der Waals surface area contributed by atoms with Gasteiger partial charge < -0.3 is 14.2 Å². The molecule has 0 aromatic rings. The van der Waals surface area contributed by atoms with E-state index in [1.807, 2.05) is 27.7 Å². The van der Waals surface area contributed by atoms with Crippen LogP contribution >= 0.6 is 0 Å². The summed E-state index contributed by atoms with van der Waals surface area (Å²) in [7, 11) is 1.67. The molecule has 0 radical (unpaired) electrons. The fraction of sp³-hybridized carbons (Fsp3) is 0.923. The van der Waals surface area contributed by atoms with Crippen molar-refractivity contribution in [3.8, 4) is 0 Å². The van der Waals surface area contributed by atoms with E-state index >= 15 is 0 Å². The van der Waals surface area contributed by atoms with Gasteiger partial charge in [0, 0.05) is 7.11 Å². The highest BCUT2D eigenvalue weighted by Crippen LogP contribution is 2.31. The molecule has 2 unspecified atom stereocenters. The normalized spacial score (nSPS) is 25.3. The maximum atomic E-state index is 11.6. The van der Waals surface area contributed by atoms with Crippen LogP contribution in [0.4, 0.5) is 0 Å². The summed E-state index contributed by atoms with van der Waals surface area (Å²) < 4.78 is 16.4. The van der Waals surface area contributed by atoms with Crippen LogP contribution in [0.25, 0.3) is 0 Å². The molecular weight excluding hydrogens is 220 g/mol. The van der Waals surface area contributed by atoms with Crippen molar-refractivity contribution in [2.45, 2.75) is 58.3 Å². The van der Waals surface area contributed by atoms with E-state index in [9.17, 15) is 4.79 Å². The highest BCUT2D eigenvalue weighted by atomic mass is 16.6. The molecule has 1 aliphatic heterocycles. The van der Waals surface area contributed by atoms with Crippen LogP contribution in [0.1, 0.15) is 40.5 Å². The lowest BCUT2D eigenvalue weighted by Crippen LogP contribution is -2.42. The molecule has 0 aromatic heterocycles. The Bertz CT molecular complexity index is 260. The minimum atomic E-state index is -0.566. The first-order valence-electron chi connectivity index (χ1n) is 6.24. The number of ether oxygens (including phenoxy) is 3. The van der Waals surface area contributed by atoms with E-state index in [-0.39, 0.29) is 24.1 Å². The van der Waals surface area contributed by atoms with Crippen LogP contribution in [0, 0.1) is 5.92 Å². The number of carbonyl (C=O) groups is 1. The van der Waals surface area contributed by atoms with E-state index in [4.69, 9.17) is 14.2 Å². The first-order valence-corrected chi connectivity index (χ1v) is 6.24. The van der Waals surface area contributed by atoms with Crippen LogP contribution < -0.4 is 0 Å². The third-order valence-corrected chi connectivity index (χ3v) is 3.07. The average Bonchev–Trinajstić information content (AvgIpc) is 2.66. The summed E-state index contributed by atoms with van der Waals surface area (Å²) in [6.07, 6.45) is 1.96. The van der Waals surface area contributed by atoms with Gasteiger partial charge >= 0.3 is 5.97 Å². The Labute approximate surface area is 104 Å². The van der Waals surface area contributed by atoms with Crippen molar-refractivity contribution in [3.63, 3.8) is 0 Å². The number of esters is 1. The van der Waals surface area contributed by atoms with E-state index in [1.165, 1.54) is 0 Å². The lowest BCUT2D eigenvalue weighted by Gasteiger charge is -2.32. The van der Waals surface area contributed by atoms with Crippen molar-refractivity contribution in [3.05, 3.63) is 0 Å². The predicted molar refractivity (Wildman–Crippen MR) is 64.8 cm³/mol. The van der Waals surface area contributed by atoms with Gasteiger partial charge in [-0.15, -0.1) is 0 Å². The molecule has 1 aliphatic rings.